The molecule has 0 unspecified atom stereocenters. The van der Waals surface area contributed by atoms with Gasteiger partial charge in [0.05, 0.1) is 11.4 Å². The molecule has 1 aliphatic carbocycles. The van der Waals surface area contributed by atoms with E-state index in [-0.39, 0.29) is 17.2 Å². The average molecular weight is 289 g/mol. The monoisotopic (exact) mass is 289 g/mol. The summed E-state index contributed by atoms with van der Waals surface area (Å²) in [6.07, 6.45) is 3.27. The summed E-state index contributed by atoms with van der Waals surface area (Å²) in [5, 5.41) is 11.9. The van der Waals surface area contributed by atoms with Gasteiger partial charge in [0.25, 0.3) is 0 Å². The van der Waals surface area contributed by atoms with Gasteiger partial charge in [-0.3, -0.25) is 9.78 Å². The zero-order chi connectivity index (χ0) is 15.0. The first-order valence-corrected chi connectivity index (χ1v) is 7.22. The summed E-state index contributed by atoms with van der Waals surface area (Å²) in [4.78, 5) is 28.9. The van der Waals surface area contributed by atoms with E-state index in [2.05, 4.69) is 10.3 Å². The van der Waals surface area contributed by atoms with Gasteiger partial charge in [-0.25, -0.2) is 4.79 Å². The van der Waals surface area contributed by atoms with Crippen LogP contribution in [0.15, 0.2) is 18.3 Å². The highest BCUT2D eigenvalue weighted by atomic mass is 16.4. The fourth-order valence-electron chi connectivity index (χ4n) is 3.25. The maximum Gasteiger partial charge on any atom is 0.407 e. The van der Waals surface area contributed by atoms with Gasteiger partial charge in [0.15, 0.2) is 0 Å². The Balaban J connectivity index is 1.59. The van der Waals surface area contributed by atoms with Crippen LogP contribution in [0, 0.1) is 18.3 Å². The molecule has 6 heteroatoms. The van der Waals surface area contributed by atoms with Crippen molar-refractivity contribution in [2.75, 3.05) is 18.4 Å². The molecule has 1 saturated carbocycles. The van der Waals surface area contributed by atoms with Crippen molar-refractivity contribution in [3.8, 4) is 0 Å². The number of likely N-dealkylation sites (tertiary alicyclic amines) is 1. The van der Waals surface area contributed by atoms with E-state index in [1.165, 1.54) is 4.90 Å². The second-order valence-electron chi connectivity index (χ2n) is 6.01. The SMILES string of the molecule is Cc1ncccc1NC(=O)[C@H]1CC12CCN(C(=O)O)CC2. The molecular formula is C15H19N3O3. The lowest BCUT2D eigenvalue weighted by atomic mass is 9.91. The number of hydrogen-bond donors (Lipinski definition) is 2. The number of amides is 2. The van der Waals surface area contributed by atoms with Crippen molar-refractivity contribution in [1.29, 1.82) is 0 Å². The van der Waals surface area contributed by atoms with E-state index in [4.69, 9.17) is 5.11 Å². The first kappa shape index (κ1) is 13.9. The van der Waals surface area contributed by atoms with E-state index < -0.39 is 6.09 Å². The fourth-order valence-corrected chi connectivity index (χ4v) is 3.25. The predicted molar refractivity (Wildman–Crippen MR) is 77.0 cm³/mol. The molecule has 112 valence electrons. The Kier molecular flexibility index (Phi) is 3.31. The van der Waals surface area contributed by atoms with Crippen LogP contribution in [-0.4, -0.2) is 40.1 Å². The molecule has 2 N–H and O–H groups in total. The lowest BCUT2D eigenvalue weighted by Gasteiger charge is -2.30. The zero-order valence-electron chi connectivity index (χ0n) is 12.0. The summed E-state index contributed by atoms with van der Waals surface area (Å²) in [5.41, 5.74) is 1.58. The molecule has 1 aromatic heterocycles. The molecule has 3 rings (SSSR count). The van der Waals surface area contributed by atoms with Crippen LogP contribution in [0.4, 0.5) is 10.5 Å². The van der Waals surface area contributed by atoms with Gasteiger partial charge in [0.1, 0.15) is 0 Å². The Labute approximate surface area is 123 Å². The number of hydrogen-bond acceptors (Lipinski definition) is 3. The summed E-state index contributed by atoms with van der Waals surface area (Å²) in [6, 6.07) is 3.65. The van der Waals surface area contributed by atoms with Crippen LogP contribution in [0.3, 0.4) is 0 Å². The zero-order valence-corrected chi connectivity index (χ0v) is 12.0. The lowest BCUT2D eigenvalue weighted by molar-refractivity contribution is -0.118. The van der Waals surface area contributed by atoms with Gasteiger partial charge in [-0.1, -0.05) is 0 Å². The molecule has 2 heterocycles. The Morgan fingerprint density at radius 2 is 2.14 bits per heavy atom. The van der Waals surface area contributed by atoms with E-state index in [9.17, 15) is 9.59 Å². The summed E-state index contributed by atoms with van der Waals surface area (Å²) in [6.45, 7) is 2.93. The van der Waals surface area contributed by atoms with Crippen molar-refractivity contribution < 1.29 is 14.7 Å². The highest BCUT2D eigenvalue weighted by Gasteiger charge is 2.58. The molecule has 2 aliphatic rings. The molecule has 1 atom stereocenters. The number of nitrogens with one attached hydrogen (secondary N) is 1. The molecule has 1 aliphatic heterocycles. The molecular weight excluding hydrogens is 270 g/mol. The van der Waals surface area contributed by atoms with E-state index in [1.807, 2.05) is 13.0 Å². The Morgan fingerprint density at radius 1 is 1.43 bits per heavy atom. The van der Waals surface area contributed by atoms with Crippen LogP contribution in [0.1, 0.15) is 25.0 Å². The first-order valence-electron chi connectivity index (χ1n) is 7.22. The van der Waals surface area contributed by atoms with E-state index in [0.29, 0.717) is 13.1 Å². The number of nitrogens with zero attached hydrogens (tertiary/aromatic N) is 2. The Hall–Kier alpha value is -2.11. The third-order valence-corrected chi connectivity index (χ3v) is 4.80. The number of pyridine rings is 1. The molecule has 2 amide bonds. The largest absolute Gasteiger partial charge is 0.465 e. The number of rotatable bonds is 2. The summed E-state index contributed by atoms with van der Waals surface area (Å²) in [7, 11) is 0. The third-order valence-electron chi connectivity index (χ3n) is 4.80. The van der Waals surface area contributed by atoms with Crippen molar-refractivity contribution in [1.82, 2.24) is 9.88 Å². The second kappa shape index (κ2) is 5.02. The van der Waals surface area contributed by atoms with E-state index >= 15 is 0 Å². The second-order valence-corrected chi connectivity index (χ2v) is 6.01. The van der Waals surface area contributed by atoms with Crippen molar-refractivity contribution in [2.24, 2.45) is 11.3 Å². The van der Waals surface area contributed by atoms with Crippen LogP contribution in [-0.2, 0) is 4.79 Å². The molecule has 0 bridgehead atoms. The maximum atomic E-state index is 12.3. The quantitative estimate of drug-likeness (QED) is 0.873. The highest BCUT2D eigenvalue weighted by Crippen LogP contribution is 2.59. The van der Waals surface area contributed by atoms with Crippen molar-refractivity contribution >= 4 is 17.7 Å². The van der Waals surface area contributed by atoms with E-state index in [0.717, 1.165) is 30.6 Å². The van der Waals surface area contributed by atoms with Crippen LogP contribution >= 0.6 is 0 Å². The van der Waals surface area contributed by atoms with Crippen LogP contribution in [0.25, 0.3) is 0 Å². The summed E-state index contributed by atoms with van der Waals surface area (Å²) in [5.74, 6) is 0.0444. The summed E-state index contributed by atoms with van der Waals surface area (Å²) >= 11 is 0. The maximum absolute atomic E-state index is 12.3. The number of aryl methyl sites for hydroxylation is 1. The third kappa shape index (κ3) is 2.57. The lowest BCUT2D eigenvalue weighted by Crippen LogP contribution is -2.39. The summed E-state index contributed by atoms with van der Waals surface area (Å²) < 4.78 is 0. The smallest absolute Gasteiger partial charge is 0.407 e. The number of anilines is 1. The van der Waals surface area contributed by atoms with Gasteiger partial charge in [0.2, 0.25) is 5.91 Å². The molecule has 21 heavy (non-hydrogen) atoms. The number of piperidine rings is 1. The molecule has 6 nitrogen and oxygen atoms in total. The van der Waals surface area contributed by atoms with Crippen molar-refractivity contribution in [2.45, 2.75) is 26.2 Å². The van der Waals surface area contributed by atoms with Gasteiger partial charge in [-0.2, -0.15) is 0 Å². The van der Waals surface area contributed by atoms with Gasteiger partial charge >= 0.3 is 6.09 Å². The van der Waals surface area contributed by atoms with Gasteiger partial charge < -0.3 is 15.3 Å². The Bertz CT molecular complexity index is 579. The first-order chi connectivity index (χ1) is 10.0. The molecule has 2 fully saturated rings. The predicted octanol–water partition coefficient (Wildman–Crippen LogP) is 2.11. The molecule has 1 saturated heterocycles. The molecule has 1 aromatic rings. The number of carbonyl (C=O) groups excluding carboxylic acids is 1. The minimum absolute atomic E-state index is 0.00745. The van der Waals surface area contributed by atoms with Crippen molar-refractivity contribution in [3.63, 3.8) is 0 Å². The van der Waals surface area contributed by atoms with Gasteiger partial charge in [0, 0.05) is 25.2 Å². The van der Waals surface area contributed by atoms with E-state index in [1.54, 1.807) is 12.3 Å². The minimum atomic E-state index is -0.863. The van der Waals surface area contributed by atoms with Gasteiger partial charge in [-0.15, -0.1) is 0 Å². The molecule has 0 radical (unpaired) electrons. The number of aromatic nitrogens is 1. The number of carboxylic acid groups (broad SMARTS) is 1. The average Bonchev–Trinajstić information content (AvgIpc) is 3.16. The fraction of sp³-hybridized carbons (Fsp3) is 0.533. The Morgan fingerprint density at radius 3 is 2.76 bits per heavy atom. The van der Waals surface area contributed by atoms with Crippen LogP contribution in [0.2, 0.25) is 0 Å². The normalized spacial score (nSPS) is 22.9. The standard InChI is InChI=1S/C15H19N3O3/c1-10-12(3-2-6-16-10)17-13(19)11-9-15(11)4-7-18(8-5-15)14(20)21/h2-3,6,11H,4-5,7-9H2,1H3,(H,17,19)(H,20,21)/t11-/m1/s1. The minimum Gasteiger partial charge on any atom is -0.465 e. The topological polar surface area (TPSA) is 82.5 Å². The van der Waals surface area contributed by atoms with Crippen molar-refractivity contribution in [3.05, 3.63) is 24.0 Å². The number of carbonyl (C=O) groups is 2. The molecule has 1 spiro atoms. The van der Waals surface area contributed by atoms with Gasteiger partial charge in [-0.05, 0) is 43.7 Å². The van der Waals surface area contributed by atoms with Crippen LogP contribution < -0.4 is 5.32 Å². The van der Waals surface area contributed by atoms with Crippen LogP contribution in [0.5, 0.6) is 0 Å². The molecule has 0 aromatic carbocycles. The highest BCUT2D eigenvalue weighted by molar-refractivity contribution is 5.95.